The van der Waals surface area contributed by atoms with Crippen molar-refractivity contribution in [2.75, 3.05) is 13.2 Å². The zero-order chi connectivity index (χ0) is 17.0. The molecule has 0 spiro atoms. The molecule has 0 saturated carbocycles. The summed E-state index contributed by atoms with van der Waals surface area (Å²) < 4.78 is 49.5. The summed E-state index contributed by atoms with van der Waals surface area (Å²) in [6.45, 7) is 3.14. The molecule has 1 amide bonds. The molecule has 0 aromatic heterocycles. The lowest BCUT2D eigenvalue weighted by Gasteiger charge is -2.14. The van der Waals surface area contributed by atoms with Crippen molar-refractivity contribution in [1.29, 1.82) is 0 Å². The summed E-state index contributed by atoms with van der Waals surface area (Å²) in [5, 5.41) is 8.52. The van der Waals surface area contributed by atoms with E-state index in [1.165, 1.54) is 17.6 Å². The molecule has 1 heterocycles. The first-order chi connectivity index (χ1) is 10.9. The number of hydrogen-bond acceptors (Lipinski definition) is 5. The van der Waals surface area contributed by atoms with E-state index in [-0.39, 0.29) is 30.4 Å². The topological polar surface area (TPSA) is 80.2 Å². The number of rotatable bonds is 5. The number of benzene rings is 1. The third-order valence-electron chi connectivity index (χ3n) is 2.95. The van der Waals surface area contributed by atoms with Crippen LogP contribution in [-0.4, -0.2) is 36.3 Å². The molecule has 2 N–H and O–H groups in total. The SMILES string of the molecule is C=CCOc1ccc(C2=N[C@@H](C(=O)NO)CO2)cc1C(F)(F)F. The molecular formula is C14H13F3N2O4. The summed E-state index contributed by atoms with van der Waals surface area (Å²) in [5.41, 5.74) is 0.476. The van der Waals surface area contributed by atoms with Gasteiger partial charge in [-0.15, -0.1) is 0 Å². The summed E-state index contributed by atoms with van der Waals surface area (Å²) in [5.74, 6) is -1.26. The first-order valence-corrected chi connectivity index (χ1v) is 6.46. The number of carbonyl (C=O) groups is 1. The predicted octanol–water partition coefficient (Wildman–Crippen LogP) is 1.92. The van der Waals surface area contributed by atoms with Gasteiger partial charge in [-0.05, 0) is 18.2 Å². The zero-order valence-electron chi connectivity index (χ0n) is 11.8. The highest BCUT2D eigenvalue weighted by molar-refractivity contribution is 5.98. The Labute approximate surface area is 129 Å². The molecule has 0 saturated heterocycles. The van der Waals surface area contributed by atoms with E-state index in [1.54, 1.807) is 0 Å². The van der Waals surface area contributed by atoms with E-state index in [0.717, 1.165) is 12.1 Å². The highest BCUT2D eigenvalue weighted by Gasteiger charge is 2.36. The van der Waals surface area contributed by atoms with Gasteiger partial charge in [0.05, 0.1) is 5.56 Å². The molecular weight excluding hydrogens is 317 g/mol. The third-order valence-corrected chi connectivity index (χ3v) is 2.95. The Kier molecular flexibility index (Phi) is 4.89. The highest BCUT2D eigenvalue weighted by Crippen LogP contribution is 2.37. The molecule has 1 aliphatic heterocycles. The number of nitrogens with zero attached hydrogens (tertiary/aromatic N) is 1. The van der Waals surface area contributed by atoms with Gasteiger partial charge < -0.3 is 9.47 Å². The summed E-state index contributed by atoms with van der Waals surface area (Å²) in [4.78, 5) is 15.1. The van der Waals surface area contributed by atoms with Crippen molar-refractivity contribution in [3.63, 3.8) is 0 Å². The summed E-state index contributed by atoms with van der Waals surface area (Å²) in [6, 6.07) is 2.30. The molecule has 6 nitrogen and oxygen atoms in total. The Morgan fingerprint density at radius 2 is 2.30 bits per heavy atom. The number of hydrogen-bond donors (Lipinski definition) is 2. The van der Waals surface area contributed by atoms with Gasteiger partial charge in [-0.3, -0.25) is 10.0 Å². The number of aliphatic imine (C=N–C) groups is 1. The summed E-state index contributed by atoms with van der Waals surface area (Å²) >= 11 is 0. The minimum Gasteiger partial charge on any atom is -0.489 e. The minimum absolute atomic E-state index is 0.0523. The second-order valence-electron chi connectivity index (χ2n) is 4.55. The van der Waals surface area contributed by atoms with Crippen molar-refractivity contribution in [3.05, 3.63) is 42.0 Å². The lowest BCUT2D eigenvalue weighted by atomic mass is 10.1. The molecule has 2 rings (SSSR count). The Bertz CT molecular complexity index is 643. The lowest BCUT2D eigenvalue weighted by molar-refractivity contribution is -0.138. The van der Waals surface area contributed by atoms with Gasteiger partial charge in [0.1, 0.15) is 19.0 Å². The van der Waals surface area contributed by atoms with Crippen molar-refractivity contribution in [2.24, 2.45) is 4.99 Å². The van der Waals surface area contributed by atoms with Crippen molar-refractivity contribution in [1.82, 2.24) is 5.48 Å². The van der Waals surface area contributed by atoms with E-state index < -0.39 is 23.7 Å². The maximum Gasteiger partial charge on any atom is 0.419 e. The van der Waals surface area contributed by atoms with Gasteiger partial charge in [0.25, 0.3) is 5.91 Å². The quantitative estimate of drug-likeness (QED) is 0.491. The number of hydroxylamine groups is 1. The Balaban J connectivity index is 2.34. The maximum atomic E-state index is 13.1. The molecule has 1 atom stereocenters. The molecule has 0 unspecified atom stereocenters. The monoisotopic (exact) mass is 330 g/mol. The van der Waals surface area contributed by atoms with Crippen molar-refractivity contribution < 1.29 is 32.6 Å². The predicted molar refractivity (Wildman–Crippen MR) is 73.3 cm³/mol. The number of ether oxygens (including phenoxy) is 2. The van der Waals surface area contributed by atoms with Crippen LogP contribution in [0.5, 0.6) is 5.75 Å². The van der Waals surface area contributed by atoms with Gasteiger partial charge in [-0.1, -0.05) is 12.7 Å². The fraction of sp³-hybridized carbons (Fsp3) is 0.286. The van der Waals surface area contributed by atoms with E-state index in [0.29, 0.717) is 0 Å². The van der Waals surface area contributed by atoms with Crippen LogP contribution in [0.15, 0.2) is 35.8 Å². The Morgan fingerprint density at radius 3 is 2.91 bits per heavy atom. The first kappa shape index (κ1) is 16.8. The summed E-state index contributed by atoms with van der Waals surface area (Å²) in [7, 11) is 0. The number of halogens is 3. The fourth-order valence-corrected chi connectivity index (χ4v) is 1.90. The standard InChI is InChI=1S/C14H13F3N2O4/c1-2-5-22-11-4-3-8(6-9(11)14(15,16)17)13-18-10(7-23-13)12(20)19-21/h2-4,6,10,21H,1,5,7H2,(H,19,20)/t10-/m1/s1. The number of carbonyl (C=O) groups excluding carboxylic acids is 1. The second kappa shape index (κ2) is 6.69. The van der Waals surface area contributed by atoms with Crippen LogP contribution in [0.4, 0.5) is 13.2 Å². The molecule has 1 aromatic rings. The Morgan fingerprint density at radius 1 is 1.57 bits per heavy atom. The number of nitrogens with one attached hydrogen (secondary N) is 1. The molecule has 1 aromatic carbocycles. The van der Waals surface area contributed by atoms with Gasteiger partial charge in [-0.2, -0.15) is 13.2 Å². The van der Waals surface area contributed by atoms with E-state index in [1.807, 2.05) is 0 Å². The largest absolute Gasteiger partial charge is 0.489 e. The lowest BCUT2D eigenvalue weighted by Crippen LogP contribution is -2.31. The molecule has 124 valence electrons. The fourth-order valence-electron chi connectivity index (χ4n) is 1.90. The van der Waals surface area contributed by atoms with Crippen LogP contribution >= 0.6 is 0 Å². The minimum atomic E-state index is -4.63. The van der Waals surface area contributed by atoms with Crippen LogP contribution in [0, 0.1) is 0 Å². The molecule has 0 radical (unpaired) electrons. The molecule has 1 aliphatic rings. The van der Waals surface area contributed by atoms with Crippen LogP contribution < -0.4 is 10.2 Å². The molecule has 23 heavy (non-hydrogen) atoms. The van der Waals surface area contributed by atoms with Crippen LogP contribution in [0.1, 0.15) is 11.1 Å². The van der Waals surface area contributed by atoms with Crippen LogP contribution in [-0.2, 0) is 15.7 Å². The van der Waals surface area contributed by atoms with Crippen LogP contribution in [0.25, 0.3) is 0 Å². The van der Waals surface area contributed by atoms with E-state index in [2.05, 4.69) is 11.6 Å². The Hall–Kier alpha value is -2.55. The van der Waals surface area contributed by atoms with Gasteiger partial charge in [0.2, 0.25) is 5.90 Å². The van der Waals surface area contributed by atoms with Crippen molar-refractivity contribution in [3.8, 4) is 5.75 Å². The van der Waals surface area contributed by atoms with Gasteiger partial charge in [0, 0.05) is 5.56 Å². The highest BCUT2D eigenvalue weighted by atomic mass is 19.4. The van der Waals surface area contributed by atoms with Gasteiger partial charge in [0.15, 0.2) is 6.04 Å². The normalized spacial score (nSPS) is 17.2. The molecule has 0 fully saturated rings. The van der Waals surface area contributed by atoms with E-state index >= 15 is 0 Å². The van der Waals surface area contributed by atoms with Gasteiger partial charge >= 0.3 is 6.18 Å². The van der Waals surface area contributed by atoms with E-state index in [9.17, 15) is 18.0 Å². The maximum absolute atomic E-state index is 13.1. The zero-order valence-corrected chi connectivity index (χ0v) is 11.8. The van der Waals surface area contributed by atoms with Gasteiger partial charge in [-0.25, -0.2) is 10.5 Å². The average molecular weight is 330 g/mol. The average Bonchev–Trinajstić information content (AvgIpc) is 3.01. The van der Waals surface area contributed by atoms with Crippen LogP contribution in [0.3, 0.4) is 0 Å². The summed E-state index contributed by atoms with van der Waals surface area (Å²) in [6.07, 6.45) is -3.30. The number of alkyl halides is 3. The van der Waals surface area contributed by atoms with Crippen molar-refractivity contribution in [2.45, 2.75) is 12.2 Å². The third kappa shape index (κ3) is 3.81. The number of amides is 1. The van der Waals surface area contributed by atoms with Crippen molar-refractivity contribution >= 4 is 11.8 Å². The molecule has 9 heteroatoms. The second-order valence-corrected chi connectivity index (χ2v) is 4.55. The molecule has 0 bridgehead atoms. The molecule has 0 aliphatic carbocycles. The van der Waals surface area contributed by atoms with Crippen LogP contribution in [0.2, 0.25) is 0 Å². The van der Waals surface area contributed by atoms with E-state index in [4.69, 9.17) is 14.7 Å². The first-order valence-electron chi connectivity index (χ1n) is 6.46. The smallest absolute Gasteiger partial charge is 0.419 e.